The van der Waals surface area contributed by atoms with Gasteiger partial charge in [0.25, 0.3) is 5.91 Å². The Morgan fingerprint density at radius 1 is 1.50 bits per heavy atom. The maximum Gasteiger partial charge on any atom is 0.284 e. The van der Waals surface area contributed by atoms with Gasteiger partial charge < -0.3 is 11.1 Å². The summed E-state index contributed by atoms with van der Waals surface area (Å²) in [7, 11) is 0. The fraction of sp³-hybridized carbons (Fsp3) is 0.667. The SMILES string of the molecule is NC(=O)C(=O)CC[C@@H]1CCCNC1=O. The van der Waals surface area contributed by atoms with Gasteiger partial charge in [-0.2, -0.15) is 0 Å². The lowest BCUT2D eigenvalue weighted by Crippen LogP contribution is -2.37. The van der Waals surface area contributed by atoms with Crippen molar-refractivity contribution in [1.29, 1.82) is 0 Å². The molecule has 5 heteroatoms. The fourth-order valence-electron chi connectivity index (χ4n) is 1.54. The summed E-state index contributed by atoms with van der Waals surface area (Å²) < 4.78 is 0. The number of ketones is 1. The number of piperidine rings is 1. The molecule has 1 aliphatic rings. The molecular formula is C9H14N2O3. The topological polar surface area (TPSA) is 89.3 Å². The maximum absolute atomic E-state index is 11.2. The minimum Gasteiger partial charge on any atom is -0.363 e. The van der Waals surface area contributed by atoms with Crippen LogP contribution in [-0.4, -0.2) is 24.1 Å². The highest BCUT2D eigenvalue weighted by Gasteiger charge is 2.23. The molecule has 1 saturated heterocycles. The fourth-order valence-corrected chi connectivity index (χ4v) is 1.54. The largest absolute Gasteiger partial charge is 0.363 e. The van der Waals surface area contributed by atoms with E-state index in [9.17, 15) is 14.4 Å². The second-order valence-electron chi connectivity index (χ2n) is 3.46. The average Bonchev–Trinajstić information content (AvgIpc) is 2.16. The van der Waals surface area contributed by atoms with Gasteiger partial charge in [0, 0.05) is 18.9 Å². The molecule has 1 rings (SSSR count). The van der Waals surface area contributed by atoms with Gasteiger partial charge in [-0.3, -0.25) is 14.4 Å². The van der Waals surface area contributed by atoms with Crippen LogP contribution in [0.5, 0.6) is 0 Å². The molecule has 0 aliphatic carbocycles. The minimum atomic E-state index is -0.916. The van der Waals surface area contributed by atoms with E-state index in [4.69, 9.17) is 5.73 Å². The van der Waals surface area contributed by atoms with Gasteiger partial charge >= 0.3 is 0 Å². The second-order valence-corrected chi connectivity index (χ2v) is 3.46. The molecule has 1 aliphatic heterocycles. The number of nitrogens with one attached hydrogen (secondary N) is 1. The van der Waals surface area contributed by atoms with E-state index in [1.54, 1.807) is 0 Å². The van der Waals surface area contributed by atoms with Crippen LogP contribution < -0.4 is 11.1 Å². The molecule has 0 saturated carbocycles. The predicted molar refractivity (Wildman–Crippen MR) is 49.2 cm³/mol. The van der Waals surface area contributed by atoms with Crippen molar-refractivity contribution in [1.82, 2.24) is 5.32 Å². The zero-order chi connectivity index (χ0) is 10.6. The Kier molecular flexibility index (Phi) is 3.62. The summed E-state index contributed by atoms with van der Waals surface area (Å²) in [5, 5.41) is 2.72. The lowest BCUT2D eigenvalue weighted by atomic mass is 9.93. The van der Waals surface area contributed by atoms with Crippen LogP contribution in [0.4, 0.5) is 0 Å². The van der Waals surface area contributed by atoms with Gasteiger partial charge in [0.05, 0.1) is 0 Å². The summed E-state index contributed by atoms with van der Waals surface area (Å²) in [6.45, 7) is 0.707. The Morgan fingerprint density at radius 3 is 2.79 bits per heavy atom. The summed E-state index contributed by atoms with van der Waals surface area (Å²) in [6, 6.07) is 0. The molecule has 1 atom stereocenters. The lowest BCUT2D eigenvalue weighted by molar-refractivity contribution is -0.136. The Hall–Kier alpha value is -1.39. The monoisotopic (exact) mass is 198 g/mol. The number of carbonyl (C=O) groups excluding carboxylic acids is 3. The first kappa shape index (κ1) is 10.7. The highest BCUT2D eigenvalue weighted by atomic mass is 16.2. The van der Waals surface area contributed by atoms with Gasteiger partial charge in [-0.05, 0) is 19.3 Å². The van der Waals surface area contributed by atoms with Crippen molar-refractivity contribution in [3.05, 3.63) is 0 Å². The van der Waals surface area contributed by atoms with Gasteiger partial charge in [0.2, 0.25) is 11.7 Å². The molecule has 1 heterocycles. The Labute approximate surface area is 82.0 Å². The van der Waals surface area contributed by atoms with Crippen LogP contribution in [0.15, 0.2) is 0 Å². The lowest BCUT2D eigenvalue weighted by Gasteiger charge is -2.20. The molecule has 3 N–H and O–H groups in total. The number of primary amides is 1. The van der Waals surface area contributed by atoms with E-state index in [0.717, 1.165) is 12.8 Å². The molecular weight excluding hydrogens is 184 g/mol. The quantitative estimate of drug-likeness (QED) is 0.588. The third-order valence-corrected chi connectivity index (χ3v) is 2.39. The number of amides is 2. The van der Waals surface area contributed by atoms with Crippen LogP contribution in [0.1, 0.15) is 25.7 Å². The standard InChI is InChI=1S/C9H14N2O3/c10-8(13)7(12)4-3-6-2-1-5-11-9(6)14/h6H,1-5H2,(H2,10,13)(H,11,14)/t6-/m0/s1. The summed E-state index contributed by atoms with van der Waals surface area (Å²) in [5.41, 5.74) is 4.80. The summed E-state index contributed by atoms with van der Waals surface area (Å²) in [6.07, 6.45) is 2.22. The number of hydrogen-bond acceptors (Lipinski definition) is 3. The highest BCUT2D eigenvalue weighted by Crippen LogP contribution is 2.17. The van der Waals surface area contributed by atoms with Gasteiger partial charge in [0.15, 0.2) is 0 Å². The van der Waals surface area contributed by atoms with E-state index < -0.39 is 11.7 Å². The number of carbonyl (C=O) groups is 3. The van der Waals surface area contributed by atoms with E-state index in [1.165, 1.54) is 0 Å². The molecule has 0 radical (unpaired) electrons. The van der Waals surface area contributed by atoms with Crippen molar-refractivity contribution in [3.8, 4) is 0 Å². The van der Waals surface area contributed by atoms with Crippen LogP contribution in [-0.2, 0) is 14.4 Å². The van der Waals surface area contributed by atoms with Crippen molar-refractivity contribution in [3.63, 3.8) is 0 Å². The van der Waals surface area contributed by atoms with Crippen LogP contribution in [0, 0.1) is 5.92 Å². The Morgan fingerprint density at radius 2 is 2.21 bits per heavy atom. The number of Topliss-reactive ketones (excluding diaryl/α,β-unsaturated/α-hetero) is 1. The molecule has 2 amide bonds. The van der Waals surface area contributed by atoms with E-state index in [-0.39, 0.29) is 18.2 Å². The molecule has 0 aromatic rings. The second kappa shape index (κ2) is 4.74. The minimum absolute atomic E-state index is 0.0199. The van der Waals surface area contributed by atoms with E-state index in [2.05, 4.69) is 5.32 Å². The number of hydrogen-bond donors (Lipinski definition) is 2. The average molecular weight is 198 g/mol. The Bertz CT molecular complexity index is 263. The Balaban J connectivity index is 2.33. The van der Waals surface area contributed by atoms with Gasteiger partial charge in [0.1, 0.15) is 0 Å². The van der Waals surface area contributed by atoms with Crippen LogP contribution >= 0.6 is 0 Å². The van der Waals surface area contributed by atoms with E-state index in [1.807, 2.05) is 0 Å². The molecule has 0 unspecified atom stereocenters. The van der Waals surface area contributed by atoms with E-state index >= 15 is 0 Å². The summed E-state index contributed by atoms with van der Waals surface area (Å²) in [4.78, 5) is 32.5. The van der Waals surface area contributed by atoms with Crippen molar-refractivity contribution in [2.45, 2.75) is 25.7 Å². The maximum atomic E-state index is 11.2. The van der Waals surface area contributed by atoms with Gasteiger partial charge in [-0.1, -0.05) is 0 Å². The van der Waals surface area contributed by atoms with Crippen LogP contribution in [0.3, 0.4) is 0 Å². The van der Waals surface area contributed by atoms with E-state index in [0.29, 0.717) is 13.0 Å². The third kappa shape index (κ3) is 2.83. The van der Waals surface area contributed by atoms with Gasteiger partial charge in [-0.15, -0.1) is 0 Å². The molecule has 1 fully saturated rings. The first-order valence-corrected chi connectivity index (χ1v) is 4.71. The molecule has 78 valence electrons. The molecule has 0 aromatic carbocycles. The van der Waals surface area contributed by atoms with Crippen molar-refractivity contribution < 1.29 is 14.4 Å². The summed E-state index contributed by atoms with van der Waals surface area (Å²) >= 11 is 0. The van der Waals surface area contributed by atoms with Crippen molar-refractivity contribution in [2.24, 2.45) is 11.7 Å². The smallest absolute Gasteiger partial charge is 0.284 e. The molecule has 0 bridgehead atoms. The molecule has 0 aromatic heterocycles. The molecule has 0 spiro atoms. The molecule has 14 heavy (non-hydrogen) atoms. The number of nitrogens with two attached hydrogens (primary N) is 1. The first-order valence-electron chi connectivity index (χ1n) is 4.71. The first-order chi connectivity index (χ1) is 6.61. The van der Waals surface area contributed by atoms with Crippen LogP contribution in [0.25, 0.3) is 0 Å². The zero-order valence-electron chi connectivity index (χ0n) is 7.91. The van der Waals surface area contributed by atoms with Crippen molar-refractivity contribution >= 4 is 17.6 Å². The number of rotatable bonds is 4. The summed E-state index contributed by atoms with van der Waals surface area (Å²) in [5.74, 6) is -1.66. The molecule has 5 nitrogen and oxygen atoms in total. The zero-order valence-corrected chi connectivity index (χ0v) is 7.91. The third-order valence-electron chi connectivity index (χ3n) is 2.39. The highest BCUT2D eigenvalue weighted by molar-refractivity contribution is 6.35. The predicted octanol–water partition coefficient (Wildman–Crippen LogP) is -0.653. The van der Waals surface area contributed by atoms with Gasteiger partial charge in [-0.25, -0.2) is 0 Å². The van der Waals surface area contributed by atoms with Crippen LogP contribution in [0.2, 0.25) is 0 Å². The normalized spacial score (nSPS) is 21.4. The van der Waals surface area contributed by atoms with Crippen molar-refractivity contribution in [2.75, 3.05) is 6.54 Å².